The number of nitrogens with one attached hydrogen (secondary N) is 1. The van der Waals surface area contributed by atoms with Crippen molar-refractivity contribution < 1.29 is 4.39 Å². The Bertz CT molecular complexity index is 1190. The Morgan fingerprint density at radius 2 is 2.07 bits per heavy atom. The lowest BCUT2D eigenvalue weighted by Gasteiger charge is -2.33. The molecule has 0 aromatic carbocycles. The van der Waals surface area contributed by atoms with Crippen LogP contribution in [0.25, 0.3) is 17.0 Å². The molecule has 0 bridgehead atoms. The molecule has 4 aromatic rings. The van der Waals surface area contributed by atoms with Gasteiger partial charge in [0.2, 0.25) is 0 Å². The van der Waals surface area contributed by atoms with Gasteiger partial charge in [0.15, 0.2) is 11.5 Å². The molecule has 1 aliphatic heterocycles. The fourth-order valence-electron chi connectivity index (χ4n) is 3.68. The van der Waals surface area contributed by atoms with E-state index < -0.39 is 5.82 Å². The third-order valence-corrected chi connectivity index (χ3v) is 5.11. The van der Waals surface area contributed by atoms with Crippen LogP contribution >= 0.6 is 0 Å². The first-order chi connectivity index (χ1) is 14.7. The minimum Gasteiger partial charge on any atom is -0.368 e. The second-order valence-corrected chi connectivity index (χ2v) is 7.21. The number of fused-ring (bicyclic) bond motifs is 1. The molecule has 152 valence electrons. The molecule has 0 aliphatic carbocycles. The van der Waals surface area contributed by atoms with Gasteiger partial charge < -0.3 is 16.0 Å². The van der Waals surface area contributed by atoms with E-state index in [9.17, 15) is 4.39 Å². The molecule has 1 atom stereocenters. The molecule has 0 spiro atoms. The number of hydrogen-bond acceptors (Lipinski definition) is 8. The number of pyridine rings is 2. The number of piperidine rings is 1. The molecule has 5 rings (SSSR count). The first-order valence-corrected chi connectivity index (χ1v) is 9.74. The van der Waals surface area contributed by atoms with E-state index in [-0.39, 0.29) is 11.7 Å². The summed E-state index contributed by atoms with van der Waals surface area (Å²) in [5.41, 5.74) is 9.01. The van der Waals surface area contributed by atoms with Crippen LogP contribution in [0.5, 0.6) is 0 Å². The predicted octanol–water partition coefficient (Wildman–Crippen LogP) is 2.39. The summed E-state index contributed by atoms with van der Waals surface area (Å²) >= 11 is 0. The Hall–Kier alpha value is -3.66. The van der Waals surface area contributed by atoms with Crippen LogP contribution in [0.1, 0.15) is 12.8 Å². The van der Waals surface area contributed by atoms with Crippen LogP contribution in [0.15, 0.2) is 48.9 Å². The molecule has 1 saturated heterocycles. The maximum atomic E-state index is 14.2. The normalized spacial score (nSPS) is 16.7. The molecule has 5 heterocycles. The van der Waals surface area contributed by atoms with E-state index in [1.807, 2.05) is 6.07 Å². The van der Waals surface area contributed by atoms with Gasteiger partial charge >= 0.3 is 0 Å². The number of rotatable bonds is 4. The summed E-state index contributed by atoms with van der Waals surface area (Å²) in [5.74, 6) is -0.0401. The monoisotopic (exact) mass is 405 g/mol. The fraction of sp³-hybridized carbons (Fsp3) is 0.250. The zero-order valence-electron chi connectivity index (χ0n) is 16.1. The summed E-state index contributed by atoms with van der Waals surface area (Å²) in [6.45, 7) is 1.70. The van der Waals surface area contributed by atoms with E-state index in [0.717, 1.165) is 37.3 Å². The van der Waals surface area contributed by atoms with Crippen LogP contribution in [0.4, 0.5) is 21.7 Å². The minimum absolute atomic E-state index is 0.145. The highest BCUT2D eigenvalue weighted by Gasteiger charge is 2.20. The molecule has 30 heavy (non-hydrogen) atoms. The largest absolute Gasteiger partial charge is 0.368 e. The molecule has 9 nitrogen and oxygen atoms in total. The molecule has 0 amide bonds. The van der Waals surface area contributed by atoms with Crippen LogP contribution in [-0.2, 0) is 0 Å². The topological polar surface area (TPSA) is 110 Å². The van der Waals surface area contributed by atoms with Crippen LogP contribution in [-0.4, -0.2) is 48.9 Å². The van der Waals surface area contributed by atoms with Gasteiger partial charge in [-0.2, -0.15) is 9.61 Å². The lowest BCUT2D eigenvalue weighted by molar-refractivity contribution is 0.506. The second-order valence-electron chi connectivity index (χ2n) is 7.21. The van der Waals surface area contributed by atoms with Crippen molar-refractivity contribution in [3.8, 4) is 11.4 Å². The Morgan fingerprint density at radius 1 is 1.13 bits per heavy atom. The van der Waals surface area contributed by atoms with Crippen LogP contribution in [0.3, 0.4) is 0 Å². The third kappa shape index (κ3) is 3.41. The molecular weight excluding hydrogens is 385 g/mol. The second kappa shape index (κ2) is 7.64. The molecule has 1 fully saturated rings. The van der Waals surface area contributed by atoms with Gasteiger partial charge in [-0.3, -0.25) is 9.97 Å². The van der Waals surface area contributed by atoms with Gasteiger partial charge in [0.05, 0.1) is 17.6 Å². The van der Waals surface area contributed by atoms with Gasteiger partial charge in [-0.15, -0.1) is 10.2 Å². The quantitative estimate of drug-likeness (QED) is 0.533. The first-order valence-electron chi connectivity index (χ1n) is 9.74. The van der Waals surface area contributed by atoms with Gasteiger partial charge in [-0.1, -0.05) is 0 Å². The lowest BCUT2D eigenvalue weighted by Crippen LogP contribution is -2.43. The molecule has 10 heteroatoms. The Balaban J connectivity index is 1.51. The van der Waals surface area contributed by atoms with E-state index in [1.54, 1.807) is 30.6 Å². The van der Waals surface area contributed by atoms with Crippen molar-refractivity contribution in [3.63, 3.8) is 0 Å². The number of nitrogens with two attached hydrogens (primary N) is 1. The summed E-state index contributed by atoms with van der Waals surface area (Å²) in [6, 6.07) is 8.38. The number of halogens is 1. The highest BCUT2D eigenvalue weighted by molar-refractivity contribution is 5.73. The van der Waals surface area contributed by atoms with Crippen molar-refractivity contribution in [2.24, 2.45) is 5.73 Å². The highest BCUT2D eigenvalue weighted by Crippen LogP contribution is 2.29. The average molecular weight is 405 g/mol. The fourth-order valence-corrected chi connectivity index (χ4v) is 3.68. The Morgan fingerprint density at radius 3 is 2.93 bits per heavy atom. The van der Waals surface area contributed by atoms with Crippen molar-refractivity contribution in [2.45, 2.75) is 18.9 Å². The maximum absolute atomic E-state index is 14.2. The van der Waals surface area contributed by atoms with Crippen LogP contribution in [0, 0.1) is 5.82 Å². The van der Waals surface area contributed by atoms with E-state index in [0.29, 0.717) is 17.3 Å². The first kappa shape index (κ1) is 18.4. The number of hydrogen-bond donors (Lipinski definition) is 2. The highest BCUT2D eigenvalue weighted by atomic mass is 19.1. The van der Waals surface area contributed by atoms with Crippen molar-refractivity contribution >= 4 is 23.0 Å². The van der Waals surface area contributed by atoms with Gasteiger partial charge in [0.25, 0.3) is 5.95 Å². The van der Waals surface area contributed by atoms with Crippen molar-refractivity contribution in [2.75, 3.05) is 23.3 Å². The molecular formula is C20H20FN9. The zero-order valence-corrected chi connectivity index (χ0v) is 16.1. The van der Waals surface area contributed by atoms with E-state index in [1.165, 1.54) is 16.8 Å². The molecule has 1 aliphatic rings. The summed E-state index contributed by atoms with van der Waals surface area (Å²) < 4.78 is 15.7. The Kier molecular flexibility index (Phi) is 4.68. The van der Waals surface area contributed by atoms with Gasteiger partial charge in [-0.25, -0.2) is 4.39 Å². The minimum atomic E-state index is -0.442. The summed E-state index contributed by atoms with van der Waals surface area (Å²) in [4.78, 5) is 10.6. The van der Waals surface area contributed by atoms with Gasteiger partial charge in [0, 0.05) is 31.5 Å². The average Bonchev–Trinajstić information content (AvgIpc) is 3.16. The van der Waals surface area contributed by atoms with Gasteiger partial charge in [-0.05, 0) is 43.2 Å². The maximum Gasteiger partial charge on any atom is 0.250 e. The van der Waals surface area contributed by atoms with Crippen LogP contribution < -0.4 is 16.0 Å². The van der Waals surface area contributed by atoms with Crippen molar-refractivity contribution in [3.05, 3.63) is 54.7 Å². The summed E-state index contributed by atoms with van der Waals surface area (Å²) in [7, 11) is 0. The predicted molar refractivity (Wildman–Crippen MR) is 111 cm³/mol. The standard InChI is InChI=1S/C20H20FN9/c21-14-4-1-8-24-19(14)15-5-6-18-26-27-20(30(18)28-15)25-16-11-23-9-7-17(16)29-10-2-3-13(22)12-29/h1,4-9,11,13H,2-3,10,12,22H2,(H,25,27). The van der Waals surface area contributed by atoms with Crippen molar-refractivity contribution in [1.29, 1.82) is 0 Å². The lowest BCUT2D eigenvalue weighted by atomic mass is 10.1. The number of nitrogens with zero attached hydrogens (tertiary/aromatic N) is 7. The van der Waals surface area contributed by atoms with Gasteiger partial charge in [0.1, 0.15) is 11.4 Å². The summed E-state index contributed by atoms with van der Waals surface area (Å²) in [6.07, 6.45) is 7.08. The molecule has 4 aromatic heterocycles. The van der Waals surface area contributed by atoms with Crippen molar-refractivity contribution in [1.82, 2.24) is 29.8 Å². The van der Waals surface area contributed by atoms with Crippen LogP contribution in [0.2, 0.25) is 0 Å². The van der Waals surface area contributed by atoms with E-state index in [2.05, 4.69) is 35.5 Å². The molecule has 3 N–H and O–H groups in total. The Labute approximate surface area is 171 Å². The SMILES string of the molecule is NC1CCCN(c2ccncc2Nc2nnc3ccc(-c4ncccc4F)nn23)C1. The van der Waals surface area contributed by atoms with E-state index >= 15 is 0 Å². The smallest absolute Gasteiger partial charge is 0.250 e. The summed E-state index contributed by atoms with van der Waals surface area (Å²) in [5, 5.41) is 16.1. The zero-order chi connectivity index (χ0) is 20.5. The molecule has 1 unspecified atom stereocenters. The van der Waals surface area contributed by atoms with E-state index in [4.69, 9.17) is 5.73 Å². The molecule has 0 saturated carbocycles. The number of anilines is 3. The molecule has 0 radical (unpaired) electrons. The number of aromatic nitrogens is 6. The third-order valence-electron chi connectivity index (χ3n) is 5.11.